The average Bonchev–Trinajstić information content (AvgIpc) is 2.54. The van der Waals surface area contributed by atoms with E-state index in [1.54, 1.807) is 0 Å². The lowest BCUT2D eigenvalue weighted by atomic mass is 10.1. The van der Waals surface area contributed by atoms with Crippen molar-refractivity contribution in [1.82, 2.24) is 0 Å². The largest absolute Gasteiger partial charge is 0.494 e. The van der Waals surface area contributed by atoms with Gasteiger partial charge in [0.2, 0.25) is 0 Å². The summed E-state index contributed by atoms with van der Waals surface area (Å²) in [7, 11) is 0. The summed E-state index contributed by atoms with van der Waals surface area (Å²) in [6.07, 6.45) is 0. The highest BCUT2D eigenvalue weighted by Gasteiger charge is 2.11. The van der Waals surface area contributed by atoms with Crippen molar-refractivity contribution in [2.45, 2.75) is 19.9 Å². The highest BCUT2D eigenvalue weighted by atomic mass is 16.5. The Balaban J connectivity index is 2.03. The molecule has 1 atom stereocenters. The van der Waals surface area contributed by atoms with Crippen molar-refractivity contribution < 1.29 is 4.74 Å². The Morgan fingerprint density at radius 3 is 2.24 bits per heavy atom. The molecule has 0 amide bonds. The van der Waals surface area contributed by atoms with Crippen LogP contribution in [0.25, 0.3) is 0 Å². The molecule has 0 spiro atoms. The lowest BCUT2D eigenvalue weighted by Crippen LogP contribution is -2.32. The highest BCUT2D eigenvalue weighted by Crippen LogP contribution is 2.20. The first-order valence-electron chi connectivity index (χ1n) is 7.53. The minimum absolute atomic E-state index is 0.0131. The molecule has 3 heteroatoms. The quantitative estimate of drug-likeness (QED) is 0.844. The van der Waals surface area contributed by atoms with Crippen molar-refractivity contribution in [2.24, 2.45) is 5.73 Å². The van der Waals surface area contributed by atoms with Crippen LogP contribution in [0, 0.1) is 0 Å². The lowest BCUT2D eigenvalue weighted by molar-refractivity contribution is 0.340. The van der Waals surface area contributed by atoms with E-state index in [4.69, 9.17) is 10.5 Å². The van der Waals surface area contributed by atoms with Crippen LogP contribution in [-0.2, 0) is 0 Å². The summed E-state index contributed by atoms with van der Waals surface area (Å²) in [5.41, 5.74) is 8.69. The Bertz CT molecular complexity index is 525. The van der Waals surface area contributed by atoms with Crippen LogP contribution in [0.3, 0.4) is 0 Å². The number of benzene rings is 2. The normalized spacial score (nSPS) is 12.0. The number of anilines is 1. The summed E-state index contributed by atoms with van der Waals surface area (Å²) in [6, 6.07) is 18.4. The number of hydrogen-bond donors (Lipinski definition) is 1. The molecule has 0 fully saturated rings. The smallest absolute Gasteiger partial charge is 0.119 e. The number of rotatable bonds is 7. The summed E-state index contributed by atoms with van der Waals surface area (Å²) in [6.45, 7) is 6.56. The zero-order chi connectivity index (χ0) is 15.1. The lowest BCUT2D eigenvalue weighted by Gasteiger charge is -2.26. The fraction of sp³-hybridized carbons (Fsp3) is 0.333. The molecule has 3 nitrogen and oxygen atoms in total. The molecule has 0 radical (unpaired) electrons. The van der Waals surface area contributed by atoms with Gasteiger partial charge in [0.15, 0.2) is 0 Å². The maximum Gasteiger partial charge on any atom is 0.119 e. The van der Waals surface area contributed by atoms with Crippen LogP contribution in [0.4, 0.5) is 5.69 Å². The molecule has 0 bridgehead atoms. The molecule has 0 aliphatic heterocycles. The summed E-state index contributed by atoms with van der Waals surface area (Å²) in [5, 5.41) is 0. The van der Waals surface area contributed by atoms with Gasteiger partial charge >= 0.3 is 0 Å². The second-order valence-corrected chi connectivity index (χ2v) is 4.98. The van der Waals surface area contributed by atoms with Gasteiger partial charge in [-0.3, -0.25) is 0 Å². The minimum atomic E-state index is -0.0131. The molecule has 2 rings (SSSR count). The van der Waals surface area contributed by atoms with Crippen LogP contribution in [0.15, 0.2) is 54.6 Å². The van der Waals surface area contributed by atoms with Crippen LogP contribution >= 0.6 is 0 Å². The molecular weight excluding hydrogens is 260 g/mol. The van der Waals surface area contributed by atoms with E-state index in [1.807, 2.05) is 25.1 Å². The summed E-state index contributed by atoms with van der Waals surface area (Å²) in [5.74, 6) is 0.892. The van der Waals surface area contributed by atoms with E-state index in [-0.39, 0.29) is 6.04 Å². The van der Waals surface area contributed by atoms with Gasteiger partial charge in [-0.1, -0.05) is 30.3 Å². The first-order valence-corrected chi connectivity index (χ1v) is 7.53. The molecular formula is C18H24N2O. The average molecular weight is 284 g/mol. The number of ether oxygens (including phenoxy) is 1. The maximum atomic E-state index is 6.35. The third kappa shape index (κ3) is 4.23. The van der Waals surface area contributed by atoms with Crippen molar-refractivity contribution in [3.8, 4) is 5.75 Å². The second-order valence-electron chi connectivity index (χ2n) is 4.98. The number of nitrogens with two attached hydrogens (primary N) is 1. The molecule has 0 aliphatic carbocycles. The minimum Gasteiger partial charge on any atom is -0.494 e. The third-order valence-electron chi connectivity index (χ3n) is 3.54. The number of nitrogens with zero attached hydrogens (tertiary/aromatic N) is 1. The molecule has 0 saturated carbocycles. The number of likely N-dealkylation sites (N-methyl/N-ethyl adjacent to an activating group) is 1. The molecule has 0 aliphatic rings. The van der Waals surface area contributed by atoms with Gasteiger partial charge in [-0.05, 0) is 43.7 Å². The zero-order valence-corrected chi connectivity index (χ0v) is 12.8. The van der Waals surface area contributed by atoms with E-state index in [0.717, 1.165) is 24.4 Å². The van der Waals surface area contributed by atoms with Crippen LogP contribution in [0.5, 0.6) is 5.75 Å². The van der Waals surface area contributed by atoms with E-state index < -0.39 is 0 Å². The van der Waals surface area contributed by atoms with Crippen molar-refractivity contribution in [1.29, 1.82) is 0 Å². The second kappa shape index (κ2) is 7.70. The summed E-state index contributed by atoms with van der Waals surface area (Å²) >= 11 is 0. The van der Waals surface area contributed by atoms with Gasteiger partial charge in [0.1, 0.15) is 5.75 Å². The standard InChI is InChI=1S/C18H24N2O/c1-3-20(16-8-6-5-7-9-16)14-18(19)15-10-12-17(13-11-15)21-4-2/h5-13,18H,3-4,14,19H2,1-2H3. The number of para-hydroxylation sites is 1. The molecule has 1 unspecified atom stereocenters. The Hall–Kier alpha value is -2.00. The first kappa shape index (κ1) is 15.4. The van der Waals surface area contributed by atoms with Crippen LogP contribution in [0.1, 0.15) is 25.5 Å². The predicted octanol–water partition coefficient (Wildman–Crippen LogP) is 3.61. The zero-order valence-electron chi connectivity index (χ0n) is 12.8. The molecule has 21 heavy (non-hydrogen) atoms. The van der Waals surface area contributed by atoms with Crippen molar-refractivity contribution in [3.05, 3.63) is 60.2 Å². The van der Waals surface area contributed by atoms with Gasteiger partial charge in [-0.25, -0.2) is 0 Å². The van der Waals surface area contributed by atoms with E-state index in [2.05, 4.69) is 48.2 Å². The topological polar surface area (TPSA) is 38.5 Å². The SMILES string of the molecule is CCOc1ccc(C(N)CN(CC)c2ccccc2)cc1. The van der Waals surface area contributed by atoms with Crippen LogP contribution in [-0.4, -0.2) is 19.7 Å². The van der Waals surface area contributed by atoms with Gasteiger partial charge in [0.05, 0.1) is 6.61 Å². The van der Waals surface area contributed by atoms with E-state index in [1.165, 1.54) is 5.69 Å². The molecule has 0 heterocycles. The predicted molar refractivity (Wildman–Crippen MR) is 88.9 cm³/mol. The van der Waals surface area contributed by atoms with E-state index >= 15 is 0 Å². The van der Waals surface area contributed by atoms with Crippen molar-refractivity contribution >= 4 is 5.69 Å². The molecule has 112 valence electrons. The molecule has 2 aromatic carbocycles. The fourth-order valence-corrected chi connectivity index (χ4v) is 2.38. The molecule has 0 saturated heterocycles. The maximum absolute atomic E-state index is 6.35. The third-order valence-corrected chi connectivity index (χ3v) is 3.54. The summed E-state index contributed by atoms with van der Waals surface area (Å²) in [4.78, 5) is 2.29. The molecule has 2 N–H and O–H groups in total. The van der Waals surface area contributed by atoms with Gasteiger partial charge < -0.3 is 15.4 Å². The first-order chi connectivity index (χ1) is 10.2. The van der Waals surface area contributed by atoms with Crippen LogP contribution < -0.4 is 15.4 Å². The molecule has 2 aromatic rings. The van der Waals surface area contributed by atoms with Gasteiger partial charge in [0.25, 0.3) is 0 Å². The van der Waals surface area contributed by atoms with Crippen molar-refractivity contribution in [2.75, 3.05) is 24.6 Å². The molecule has 0 aromatic heterocycles. The fourth-order valence-electron chi connectivity index (χ4n) is 2.38. The van der Waals surface area contributed by atoms with E-state index in [0.29, 0.717) is 6.61 Å². The van der Waals surface area contributed by atoms with Gasteiger partial charge in [0, 0.05) is 24.8 Å². The highest BCUT2D eigenvalue weighted by molar-refractivity contribution is 5.46. The summed E-state index contributed by atoms with van der Waals surface area (Å²) < 4.78 is 5.46. The Labute approximate surface area is 127 Å². The monoisotopic (exact) mass is 284 g/mol. The van der Waals surface area contributed by atoms with E-state index in [9.17, 15) is 0 Å². The van der Waals surface area contributed by atoms with Crippen molar-refractivity contribution in [3.63, 3.8) is 0 Å². The van der Waals surface area contributed by atoms with Crippen LogP contribution in [0.2, 0.25) is 0 Å². The van der Waals surface area contributed by atoms with Gasteiger partial charge in [-0.15, -0.1) is 0 Å². The Morgan fingerprint density at radius 2 is 1.67 bits per heavy atom. The Kier molecular flexibility index (Phi) is 5.64. The number of hydrogen-bond acceptors (Lipinski definition) is 3. The Morgan fingerprint density at radius 1 is 1.00 bits per heavy atom. The van der Waals surface area contributed by atoms with Gasteiger partial charge in [-0.2, -0.15) is 0 Å².